The van der Waals surface area contributed by atoms with Gasteiger partial charge in [0.2, 0.25) is 0 Å². The molecule has 6 nitrogen and oxygen atoms in total. The highest BCUT2D eigenvalue weighted by Gasteiger charge is 2.33. The van der Waals surface area contributed by atoms with Gasteiger partial charge < -0.3 is 15.5 Å². The third kappa shape index (κ3) is 3.29. The highest BCUT2D eigenvalue weighted by atomic mass is 32.1. The number of hydrogen-bond donors (Lipinski definition) is 4. The van der Waals surface area contributed by atoms with Crippen molar-refractivity contribution in [2.75, 3.05) is 18.5 Å². The molecular weight excluding hydrogens is 280 g/mol. The molecule has 1 heterocycles. The number of aromatic carboxylic acids is 1. The Kier molecular flexibility index (Phi) is 4.61. The average molecular weight is 298 g/mol. The van der Waals surface area contributed by atoms with Gasteiger partial charge in [0.05, 0.1) is 12.2 Å². The van der Waals surface area contributed by atoms with Crippen molar-refractivity contribution >= 4 is 28.3 Å². The first-order valence-corrected chi connectivity index (χ1v) is 7.41. The summed E-state index contributed by atoms with van der Waals surface area (Å²) in [4.78, 5) is 22.7. The van der Waals surface area contributed by atoms with E-state index in [-0.39, 0.29) is 17.6 Å². The van der Waals surface area contributed by atoms with Crippen molar-refractivity contribution in [1.29, 1.82) is 0 Å². The standard InChI is InChI=1S/C13H18N2O4S/c16-8-13(4-1-2-5-13)7-14-12(19)15-10-9(11(17)18)3-6-20-10/h3,6,16H,1-2,4-5,7-8H2,(H,17,18)(H2,14,15,19). The van der Waals surface area contributed by atoms with Crippen LogP contribution in [0, 0.1) is 5.41 Å². The summed E-state index contributed by atoms with van der Waals surface area (Å²) in [6.45, 7) is 0.468. The number of hydrogen-bond acceptors (Lipinski definition) is 4. The molecule has 0 radical (unpaired) electrons. The molecule has 1 aromatic rings. The van der Waals surface area contributed by atoms with Gasteiger partial charge in [-0.25, -0.2) is 9.59 Å². The molecule has 1 aliphatic rings. The van der Waals surface area contributed by atoms with Gasteiger partial charge in [-0.1, -0.05) is 12.8 Å². The van der Waals surface area contributed by atoms with Crippen LogP contribution in [0.25, 0.3) is 0 Å². The van der Waals surface area contributed by atoms with Gasteiger partial charge >= 0.3 is 12.0 Å². The lowest BCUT2D eigenvalue weighted by Gasteiger charge is -2.26. The van der Waals surface area contributed by atoms with E-state index in [1.165, 1.54) is 17.4 Å². The van der Waals surface area contributed by atoms with E-state index in [2.05, 4.69) is 10.6 Å². The summed E-state index contributed by atoms with van der Waals surface area (Å²) in [5, 5.41) is 25.6. The van der Waals surface area contributed by atoms with Gasteiger partial charge in [-0.3, -0.25) is 5.32 Å². The second-order valence-corrected chi connectivity index (χ2v) is 6.06. The van der Waals surface area contributed by atoms with E-state index >= 15 is 0 Å². The van der Waals surface area contributed by atoms with E-state index in [4.69, 9.17) is 5.11 Å². The van der Waals surface area contributed by atoms with E-state index < -0.39 is 12.0 Å². The molecule has 110 valence electrons. The maximum Gasteiger partial charge on any atom is 0.338 e. The fourth-order valence-electron chi connectivity index (χ4n) is 2.51. The molecule has 1 aromatic heterocycles. The monoisotopic (exact) mass is 298 g/mol. The van der Waals surface area contributed by atoms with Crippen LogP contribution in [0.15, 0.2) is 11.4 Å². The van der Waals surface area contributed by atoms with Crippen molar-refractivity contribution in [3.8, 4) is 0 Å². The van der Waals surface area contributed by atoms with Crippen molar-refractivity contribution in [3.05, 3.63) is 17.0 Å². The number of rotatable bonds is 5. The van der Waals surface area contributed by atoms with E-state index in [1.54, 1.807) is 5.38 Å². The number of carbonyl (C=O) groups excluding carboxylic acids is 1. The second-order valence-electron chi connectivity index (χ2n) is 5.14. The lowest BCUT2D eigenvalue weighted by atomic mass is 9.87. The Morgan fingerprint density at radius 1 is 1.35 bits per heavy atom. The fourth-order valence-corrected chi connectivity index (χ4v) is 3.28. The van der Waals surface area contributed by atoms with E-state index in [1.807, 2.05) is 0 Å². The summed E-state index contributed by atoms with van der Waals surface area (Å²) in [5.74, 6) is -1.07. The van der Waals surface area contributed by atoms with Crippen LogP contribution in [-0.2, 0) is 0 Å². The lowest BCUT2D eigenvalue weighted by molar-refractivity contribution is 0.0698. The number of aliphatic hydroxyl groups is 1. The molecule has 4 N–H and O–H groups in total. The lowest BCUT2D eigenvalue weighted by Crippen LogP contribution is -2.40. The molecular formula is C13H18N2O4S. The van der Waals surface area contributed by atoms with Crippen LogP contribution in [-0.4, -0.2) is 35.4 Å². The smallest absolute Gasteiger partial charge is 0.338 e. The summed E-state index contributed by atoms with van der Waals surface area (Å²) in [5.41, 5.74) is -0.134. The Morgan fingerprint density at radius 3 is 2.65 bits per heavy atom. The van der Waals surface area contributed by atoms with Crippen LogP contribution in [0.2, 0.25) is 0 Å². The molecule has 2 amide bonds. The van der Waals surface area contributed by atoms with Crippen molar-refractivity contribution in [3.63, 3.8) is 0 Å². The number of nitrogens with one attached hydrogen (secondary N) is 2. The topological polar surface area (TPSA) is 98.7 Å². The Labute approximate surface area is 120 Å². The summed E-state index contributed by atoms with van der Waals surface area (Å²) in [6.07, 6.45) is 3.95. The quantitative estimate of drug-likeness (QED) is 0.669. The Bertz CT molecular complexity index is 494. The first-order valence-electron chi connectivity index (χ1n) is 6.53. The molecule has 0 aromatic carbocycles. The summed E-state index contributed by atoms with van der Waals surface area (Å²) in [7, 11) is 0. The number of carbonyl (C=O) groups is 2. The summed E-state index contributed by atoms with van der Waals surface area (Å²) >= 11 is 1.17. The van der Waals surface area contributed by atoms with Crippen molar-refractivity contribution < 1.29 is 19.8 Å². The first kappa shape index (κ1) is 14.8. The molecule has 7 heteroatoms. The molecule has 0 aliphatic heterocycles. The van der Waals surface area contributed by atoms with Gasteiger partial charge in [0.1, 0.15) is 5.00 Å². The number of aliphatic hydroxyl groups excluding tert-OH is 1. The van der Waals surface area contributed by atoms with Gasteiger partial charge in [0.15, 0.2) is 0 Å². The summed E-state index contributed by atoms with van der Waals surface area (Å²) in [6, 6.07) is 1.02. The zero-order valence-corrected chi connectivity index (χ0v) is 11.8. The minimum atomic E-state index is -1.07. The maximum atomic E-state index is 11.8. The Hall–Kier alpha value is -1.60. The number of anilines is 1. The van der Waals surface area contributed by atoms with Gasteiger partial charge in [0, 0.05) is 12.0 Å². The SMILES string of the molecule is O=C(NCC1(CO)CCCC1)Nc1sccc1C(=O)O. The van der Waals surface area contributed by atoms with Gasteiger partial charge in [-0.15, -0.1) is 11.3 Å². The van der Waals surface area contributed by atoms with E-state index in [0.29, 0.717) is 11.5 Å². The van der Waals surface area contributed by atoms with E-state index in [9.17, 15) is 14.7 Å². The summed E-state index contributed by atoms with van der Waals surface area (Å²) < 4.78 is 0. The molecule has 1 fully saturated rings. The largest absolute Gasteiger partial charge is 0.478 e. The molecule has 0 unspecified atom stereocenters. The van der Waals surface area contributed by atoms with Crippen molar-refractivity contribution in [2.24, 2.45) is 5.41 Å². The number of carboxylic acids is 1. The number of thiophene rings is 1. The second kappa shape index (κ2) is 6.23. The fraction of sp³-hybridized carbons (Fsp3) is 0.538. The number of carboxylic acid groups (broad SMARTS) is 1. The molecule has 0 bridgehead atoms. The number of urea groups is 1. The normalized spacial score (nSPS) is 16.9. The van der Waals surface area contributed by atoms with Crippen LogP contribution in [0.1, 0.15) is 36.0 Å². The van der Waals surface area contributed by atoms with Crippen molar-refractivity contribution in [1.82, 2.24) is 5.32 Å². The third-order valence-electron chi connectivity index (χ3n) is 3.75. The van der Waals surface area contributed by atoms with Crippen molar-refractivity contribution in [2.45, 2.75) is 25.7 Å². The molecule has 0 spiro atoms. The Morgan fingerprint density at radius 2 is 2.05 bits per heavy atom. The zero-order chi connectivity index (χ0) is 14.6. The minimum absolute atomic E-state index is 0.0622. The molecule has 20 heavy (non-hydrogen) atoms. The maximum absolute atomic E-state index is 11.8. The molecule has 0 atom stereocenters. The van der Waals surface area contributed by atoms with Crippen LogP contribution in [0.5, 0.6) is 0 Å². The zero-order valence-electron chi connectivity index (χ0n) is 11.0. The number of amides is 2. The Balaban J connectivity index is 1.89. The van der Waals surface area contributed by atoms with Crippen LogP contribution in [0.3, 0.4) is 0 Å². The first-order chi connectivity index (χ1) is 9.56. The van der Waals surface area contributed by atoms with Crippen LogP contribution in [0.4, 0.5) is 9.80 Å². The minimum Gasteiger partial charge on any atom is -0.478 e. The molecule has 2 rings (SSSR count). The average Bonchev–Trinajstić information content (AvgIpc) is 3.05. The van der Waals surface area contributed by atoms with Gasteiger partial charge in [0.25, 0.3) is 0 Å². The predicted molar refractivity (Wildman–Crippen MR) is 76.3 cm³/mol. The molecule has 0 saturated heterocycles. The predicted octanol–water partition coefficient (Wildman–Crippen LogP) is 2.12. The van der Waals surface area contributed by atoms with E-state index in [0.717, 1.165) is 25.7 Å². The van der Waals surface area contributed by atoms with Crippen LogP contribution >= 0.6 is 11.3 Å². The molecule has 1 saturated carbocycles. The van der Waals surface area contributed by atoms with Gasteiger partial charge in [-0.2, -0.15) is 0 Å². The van der Waals surface area contributed by atoms with Gasteiger partial charge in [-0.05, 0) is 24.3 Å². The highest BCUT2D eigenvalue weighted by molar-refractivity contribution is 7.14. The highest BCUT2D eigenvalue weighted by Crippen LogP contribution is 2.36. The third-order valence-corrected chi connectivity index (χ3v) is 4.58. The van der Waals surface area contributed by atoms with Crippen LogP contribution < -0.4 is 10.6 Å². The molecule has 1 aliphatic carbocycles.